The summed E-state index contributed by atoms with van der Waals surface area (Å²) >= 11 is 10.0. The number of phenolic OH excluding ortho intramolecular Hbond substituents is 4. The number of ether oxygens (including phenoxy) is 1. The molecule has 5 N–H and O–H groups in total. The Bertz CT molecular complexity index is 6150. The number of aliphatic hydroxyl groups is 1. The molecular formula is C118H130Cl2F5MoN4O6W2-. The third-order valence-corrected chi connectivity index (χ3v) is 31.3. The number of rotatable bonds is 13. The van der Waals surface area contributed by atoms with Gasteiger partial charge in [0.15, 0.2) is 5.75 Å². The number of aromatic nitrogens is 1. The Kier molecular flexibility index (Phi) is 45.2. The first kappa shape index (κ1) is 114. The molecule has 0 aliphatic carbocycles. The molecule has 0 saturated heterocycles. The molecule has 10 nitrogen and oxygen atoms in total. The quantitative estimate of drug-likeness (QED) is 0.0332. The number of hydrogen-bond donors (Lipinski definition) is 5. The van der Waals surface area contributed by atoms with Gasteiger partial charge in [0.2, 0.25) is 29.1 Å². The fourth-order valence-electron chi connectivity index (χ4n) is 13.4. The molecule has 20 heteroatoms. The van der Waals surface area contributed by atoms with Crippen molar-refractivity contribution in [3.63, 3.8) is 0 Å². The normalized spacial score (nSPS) is 10.9. The SMILES string of the molecule is CC(C)(C)O.CC(C)(C)[CH]=[W]=[N]c1c(Cl)cccc1Cl.CC(C)c1cccc(C(C)C)c1[N]=[Mo]=[CH]C(C)(C)C.CC(C)c1cccc(C(C)C)c1[N]=[W]=[CH]C(C)(C)C.COc1cccc2cccc(-c3cccc4cccc(O)c34)c12.Cc1ccc(C)[n-]1.Oc1c(-c2ccccc2)cccc1-c1ccccc1.Oc1c(-c2ccccc2)cccc1-c1ccccc1.Oc1c(F)c(F)c(F)c(F)c1F. The number of fused-ring (bicyclic) bond motifs is 2. The van der Waals surface area contributed by atoms with E-state index >= 15 is 0 Å². The number of aromatic hydroxyl groups is 4. The van der Waals surface area contributed by atoms with Crippen molar-refractivity contribution in [2.75, 3.05) is 7.11 Å². The van der Waals surface area contributed by atoms with E-state index in [2.05, 4.69) is 194 Å². The maximum absolute atomic E-state index is 12.2. The summed E-state index contributed by atoms with van der Waals surface area (Å²) < 4.78 is 88.0. The van der Waals surface area contributed by atoms with Gasteiger partial charge in [-0.3, -0.25) is 0 Å². The molecule has 726 valence electrons. The fraction of sp³-hybridized carbons (Fsp3) is 0.263. The van der Waals surface area contributed by atoms with E-state index in [9.17, 15) is 37.3 Å². The van der Waals surface area contributed by atoms with Gasteiger partial charge in [-0.1, -0.05) is 244 Å². The number of methoxy groups -OCH3 is 1. The van der Waals surface area contributed by atoms with Gasteiger partial charge >= 0.3 is 362 Å². The Labute approximate surface area is 848 Å². The zero-order valence-corrected chi connectivity index (χ0v) is 92.5. The number of benzene rings is 14. The van der Waals surface area contributed by atoms with Crippen LogP contribution >= 0.6 is 23.2 Å². The van der Waals surface area contributed by atoms with Crippen molar-refractivity contribution >= 4 is 75.0 Å². The van der Waals surface area contributed by atoms with E-state index in [1.54, 1.807) is 33.9 Å². The largest absolute Gasteiger partial charge is 0.665 e. The molecule has 1 heterocycles. The molecule has 0 aliphatic heterocycles. The molecule has 0 amide bonds. The van der Waals surface area contributed by atoms with Crippen LogP contribution in [0, 0.1) is 59.2 Å². The second-order valence-electron chi connectivity index (χ2n) is 38.0. The summed E-state index contributed by atoms with van der Waals surface area (Å²) in [6.07, 6.45) is 0. The average Bonchev–Trinajstić information content (AvgIpc) is 0.804. The van der Waals surface area contributed by atoms with Crippen LogP contribution in [-0.4, -0.2) is 51.4 Å². The maximum Gasteiger partial charge on any atom is 0.206 e. The molecule has 15 rings (SSSR count). The average molecular weight is 2330 g/mol. The minimum absolute atomic E-state index is 0.238. The first-order valence-corrected chi connectivity index (χ1v) is 54.4. The molecular weight excluding hydrogens is 2200 g/mol. The van der Waals surface area contributed by atoms with Crippen LogP contribution in [0.3, 0.4) is 0 Å². The number of aryl methyl sites for hydroxylation is 2. The summed E-state index contributed by atoms with van der Waals surface area (Å²) in [6, 6.07) is 98.2. The molecule has 0 spiro atoms. The summed E-state index contributed by atoms with van der Waals surface area (Å²) in [4.78, 5) is 4.11. The number of para-hydroxylation sites is 2. The molecule has 1 aromatic heterocycles. The van der Waals surface area contributed by atoms with Crippen molar-refractivity contribution < 1.29 is 106 Å². The Morgan fingerprint density at radius 1 is 0.341 bits per heavy atom. The topological polar surface area (TPSA) is 162 Å². The Morgan fingerprint density at radius 3 is 0.957 bits per heavy atom. The van der Waals surface area contributed by atoms with Crippen molar-refractivity contribution in [3.05, 3.63) is 370 Å². The smallest absolute Gasteiger partial charge is 0.206 e. The third kappa shape index (κ3) is 36.1. The first-order valence-electron chi connectivity index (χ1n) is 45.6. The Balaban J connectivity index is 0.000000216. The predicted molar refractivity (Wildman–Crippen MR) is 561 cm³/mol. The number of hydrogen-bond acceptors (Lipinski definition) is 9. The Morgan fingerprint density at radius 2 is 0.630 bits per heavy atom. The monoisotopic (exact) mass is 2330 g/mol. The van der Waals surface area contributed by atoms with E-state index in [-0.39, 0.29) is 10.8 Å². The number of nitrogens with zero attached hydrogens (tertiary/aromatic N) is 4. The van der Waals surface area contributed by atoms with E-state index in [1.807, 2.05) is 250 Å². The fourth-order valence-corrected chi connectivity index (χ4v) is 20.9. The van der Waals surface area contributed by atoms with Crippen LogP contribution in [0.4, 0.5) is 39.0 Å². The van der Waals surface area contributed by atoms with Crippen molar-refractivity contribution in [1.82, 2.24) is 4.98 Å². The van der Waals surface area contributed by atoms with Crippen molar-refractivity contribution in [1.29, 1.82) is 0 Å². The van der Waals surface area contributed by atoms with Gasteiger partial charge in [-0.15, -0.1) is 0 Å². The third-order valence-electron chi connectivity index (χ3n) is 20.0. The van der Waals surface area contributed by atoms with Gasteiger partial charge in [0.1, 0.15) is 23.0 Å². The van der Waals surface area contributed by atoms with E-state index < -0.39 is 94.2 Å². The van der Waals surface area contributed by atoms with E-state index in [0.717, 1.165) is 100 Å². The van der Waals surface area contributed by atoms with Gasteiger partial charge in [0, 0.05) is 33.0 Å². The standard InChI is InChI=1S/C21H16O2.2C18H14O.2C12H17N.C6H3Cl2N.C6HF5O.C6H8N.3C5H10.C4H10O.Mo.2W/c1-23-19-13-5-9-15-7-3-11-17(21(15)19)16-10-2-6-14-8-4-12-18(22)20(14)16;2*19-18-16(14-8-3-1-4-9-14)12-7-13-17(18)15-10-5-2-6-11-15;2*1-8(2)10-6-5-7-11(9(3)4)12(10)13;7-4-2-1-3-5(8)6(4)9;7-1-2(8)4(10)6(12)5(11)3(1)9;1-5-3-4-6(2)7-5;3*1-5(2,3)4;1-4(2,3)5;;;/h2-13,22H,1H3;2*1-13,19H;2*5-9H,1-4H3;1-3H;12H;3-4H,1-2H3;3*1H,2-4H3;5H,1-3H3;;;/q;;;;;;;-1;;;;;;;. The summed E-state index contributed by atoms with van der Waals surface area (Å²) in [5, 5.41) is 53.5. The van der Waals surface area contributed by atoms with Crippen LogP contribution in [-0.2, 0) is 53.8 Å². The van der Waals surface area contributed by atoms with E-state index in [0.29, 0.717) is 56.4 Å². The van der Waals surface area contributed by atoms with Gasteiger partial charge in [-0.2, -0.15) is 20.2 Å². The molecule has 0 aliphatic rings. The van der Waals surface area contributed by atoms with Crippen LogP contribution in [0.25, 0.3) is 77.2 Å². The first-order chi connectivity index (χ1) is 65.1. The number of phenols is 4. The molecule has 0 saturated carbocycles. The molecule has 15 aromatic rings. The van der Waals surface area contributed by atoms with Crippen LogP contribution < -0.4 is 9.72 Å². The van der Waals surface area contributed by atoms with Crippen LogP contribution in [0.15, 0.2) is 308 Å². The van der Waals surface area contributed by atoms with Crippen molar-refractivity contribution in [3.8, 4) is 84.4 Å². The van der Waals surface area contributed by atoms with Gasteiger partial charge in [0.25, 0.3) is 0 Å². The molecule has 0 atom stereocenters. The Hall–Kier alpha value is -10.9. The van der Waals surface area contributed by atoms with Crippen LogP contribution in [0.2, 0.25) is 10.0 Å². The second-order valence-corrected chi connectivity index (χ2v) is 44.9. The molecule has 14 aromatic carbocycles. The second kappa shape index (κ2) is 54.6. The minimum Gasteiger partial charge on any atom is -0.665 e. The van der Waals surface area contributed by atoms with Gasteiger partial charge in [-0.25, -0.2) is 13.2 Å². The molecule has 0 bridgehead atoms. The zero-order chi connectivity index (χ0) is 102. The molecule has 0 fully saturated rings. The van der Waals surface area contributed by atoms with E-state index in [4.69, 9.17) is 45.1 Å². The van der Waals surface area contributed by atoms with Gasteiger partial charge in [-0.05, 0) is 77.1 Å². The molecule has 138 heavy (non-hydrogen) atoms. The van der Waals surface area contributed by atoms with Crippen LogP contribution in [0.5, 0.6) is 28.7 Å². The molecule has 0 unspecified atom stereocenters. The van der Waals surface area contributed by atoms with Gasteiger partial charge in [0.05, 0.1) is 12.7 Å². The minimum atomic E-state index is -2.29. The van der Waals surface area contributed by atoms with Gasteiger partial charge < -0.3 is 35.3 Å². The maximum atomic E-state index is 12.2. The number of halogens is 7. The van der Waals surface area contributed by atoms with Crippen molar-refractivity contribution in [2.45, 2.75) is 182 Å². The summed E-state index contributed by atoms with van der Waals surface area (Å²) in [5.41, 5.74) is 21.1. The van der Waals surface area contributed by atoms with Crippen LogP contribution in [0.1, 0.15) is 196 Å². The predicted octanol–water partition coefficient (Wildman–Crippen LogP) is 35.1. The molecule has 0 radical (unpaired) electrons. The van der Waals surface area contributed by atoms with E-state index in [1.165, 1.54) is 33.6 Å². The summed E-state index contributed by atoms with van der Waals surface area (Å²) in [7, 11) is 1.69. The zero-order valence-electron chi connectivity index (χ0n) is 83.1. The summed E-state index contributed by atoms with van der Waals surface area (Å²) in [5.74, 6) is -8.96. The summed E-state index contributed by atoms with van der Waals surface area (Å²) in [6.45, 7) is 47.4. The van der Waals surface area contributed by atoms with Crippen molar-refractivity contribution in [2.24, 2.45) is 26.7 Å².